The number of rotatable bonds is 4. The first kappa shape index (κ1) is 12.8. The van der Waals surface area contributed by atoms with Crippen LogP contribution in [-0.4, -0.2) is 40.3 Å². The number of aromatic nitrogens is 1. The van der Waals surface area contributed by atoms with Gasteiger partial charge in [-0.3, -0.25) is 4.79 Å². The Balaban J connectivity index is 1.86. The van der Waals surface area contributed by atoms with E-state index in [2.05, 4.69) is 4.90 Å². The second-order valence-corrected chi connectivity index (χ2v) is 5.71. The first-order valence-corrected chi connectivity index (χ1v) is 7.01. The molecule has 2 atom stereocenters. The van der Waals surface area contributed by atoms with E-state index < -0.39 is 0 Å². The fraction of sp³-hybridized carbons (Fsp3) is 0.750. The predicted octanol–water partition coefficient (Wildman–Crippen LogP) is 0.921. The molecule has 0 radical (unpaired) electrons. The molecule has 0 saturated carbocycles. The van der Waals surface area contributed by atoms with Crippen LogP contribution in [0, 0.1) is 12.8 Å². The molecule has 0 aromatic carbocycles. The van der Waals surface area contributed by atoms with E-state index >= 15 is 0 Å². The third kappa shape index (κ3) is 2.97. The number of nitrogens with zero attached hydrogens (tertiary/aromatic N) is 2. The van der Waals surface area contributed by atoms with E-state index in [4.69, 9.17) is 0 Å². The lowest BCUT2D eigenvalue weighted by Gasteiger charge is -2.17. The lowest BCUT2D eigenvalue weighted by molar-refractivity contribution is 0.127. The molecule has 0 spiro atoms. The van der Waals surface area contributed by atoms with Crippen LogP contribution in [0.3, 0.4) is 0 Å². The van der Waals surface area contributed by atoms with Gasteiger partial charge in [-0.25, -0.2) is 0 Å². The lowest BCUT2D eigenvalue weighted by atomic mass is 10.0. The van der Waals surface area contributed by atoms with E-state index in [9.17, 15) is 9.90 Å². The molecular weight excluding hydrogens is 236 g/mol. The van der Waals surface area contributed by atoms with E-state index in [1.54, 1.807) is 0 Å². The minimum atomic E-state index is -0.217. The third-order valence-corrected chi connectivity index (χ3v) is 4.49. The third-order valence-electron chi connectivity index (χ3n) is 3.61. The number of hydrogen-bond donors (Lipinski definition) is 1. The van der Waals surface area contributed by atoms with Gasteiger partial charge in [-0.2, -0.15) is 0 Å². The van der Waals surface area contributed by atoms with Crippen LogP contribution in [0.1, 0.15) is 19.0 Å². The summed E-state index contributed by atoms with van der Waals surface area (Å²) in [5, 5.41) is 11.4. The van der Waals surface area contributed by atoms with Gasteiger partial charge >= 0.3 is 4.87 Å². The van der Waals surface area contributed by atoms with Gasteiger partial charge in [-0.15, -0.1) is 0 Å². The number of likely N-dealkylation sites (tertiary alicyclic amines) is 1. The average molecular weight is 256 g/mol. The molecule has 1 aliphatic rings. The van der Waals surface area contributed by atoms with Crippen molar-refractivity contribution in [3.63, 3.8) is 0 Å². The summed E-state index contributed by atoms with van der Waals surface area (Å²) in [7, 11) is 0. The lowest BCUT2D eigenvalue weighted by Crippen LogP contribution is -2.29. The van der Waals surface area contributed by atoms with Crippen LogP contribution in [0.15, 0.2) is 10.2 Å². The second-order valence-electron chi connectivity index (χ2n) is 4.88. The number of hydrogen-bond acceptors (Lipinski definition) is 4. The fourth-order valence-electron chi connectivity index (χ4n) is 2.38. The quantitative estimate of drug-likeness (QED) is 0.871. The van der Waals surface area contributed by atoms with Gasteiger partial charge in [0.15, 0.2) is 0 Å². The molecule has 4 nitrogen and oxygen atoms in total. The fourth-order valence-corrected chi connectivity index (χ4v) is 3.14. The maximum atomic E-state index is 11.5. The summed E-state index contributed by atoms with van der Waals surface area (Å²) in [5.41, 5.74) is 1.05. The van der Waals surface area contributed by atoms with Crippen LogP contribution in [0.4, 0.5) is 0 Å². The summed E-state index contributed by atoms with van der Waals surface area (Å²) in [6.07, 6.45) is 0.848. The maximum absolute atomic E-state index is 11.5. The van der Waals surface area contributed by atoms with Crippen molar-refractivity contribution in [1.29, 1.82) is 0 Å². The van der Waals surface area contributed by atoms with Gasteiger partial charge in [0, 0.05) is 30.7 Å². The number of aliphatic hydroxyl groups excluding tert-OH is 1. The molecular formula is C12H20N2O2S. The van der Waals surface area contributed by atoms with Crippen LogP contribution in [-0.2, 0) is 6.54 Å². The minimum Gasteiger partial charge on any atom is -0.393 e. The van der Waals surface area contributed by atoms with Crippen molar-refractivity contribution in [2.45, 2.75) is 32.9 Å². The molecule has 1 fully saturated rings. The summed E-state index contributed by atoms with van der Waals surface area (Å²) in [6.45, 7) is 7.49. The van der Waals surface area contributed by atoms with Crippen molar-refractivity contribution in [3.05, 3.63) is 20.7 Å². The molecule has 96 valence electrons. The number of thiazole rings is 1. The summed E-state index contributed by atoms with van der Waals surface area (Å²) in [4.78, 5) is 14.0. The zero-order valence-electron chi connectivity index (χ0n) is 10.4. The van der Waals surface area contributed by atoms with Crippen molar-refractivity contribution in [2.75, 3.05) is 19.6 Å². The van der Waals surface area contributed by atoms with Crippen molar-refractivity contribution in [2.24, 2.45) is 5.92 Å². The van der Waals surface area contributed by atoms with Gasteiger partial charge in [0.2, 0.25) is 0 Å². The molecule has 2 heterocycles. The molecule has 0 aliphatic carbocycles. The molecule has 0 amide bonds. The van der Waals surface area contributed by atoms with Crippen molar-refractivity contribution < 1.29 is 5.11 Å². The molecule has 2 rings (SSSR count). The molecule has 1 saturated heterocycles. The molecule has 1 aromatic heterocycles. The highest BCUT2D eigenvalue weighted by molar-refractivity contribution is 7.07. The first-order chi connectivity index (χ1) is 8.08. The van der Waals surface area contributed by atoms with Gasteiger partial charge in [0.25, 0.3) is 0 Å². The topological polar surface area (TPSA) is 45.5 Å². The number of aryl methyl sites for hydroxylation is 1. The van der Waals surface area contributed by atoms with Gasteiger partial charge in [-0.1, -0.05) is 11.3 Å². The van der Waals surface area contributed by atoms with Crippen LogP contribution in [0.5, 0.6) is 0 Å². The first-order valence-electron chi connectivity index (χ1n) is 6.13. The Morgan fingerprint density at radius 3 is 2.88 bits per heavy atom. The van der Waals surface area contributed by atoms with Gasteiger partial charge in [0.1, 0.15) is 0 Å². The normalized spacial score (nSPS) is 23.1. The Hall–Kier alpha value is -0.650. The standard InChI is InChI=1S/C12H20N2O2S/c1-9-8-17-12(16)14(9)6-5-13-4-3-11(7-13)10(2)15/h8,10-11,15H,3-7H2,1-2H3. The van der Waals surface area contributed by atoms with E-state index in [0.717, 1.165) is 38.3 Å². The number of aliphatic hydroxyl groups is 1. The zero-order valence-corrected chi connectivity index (χ0v) is 11.2. The zero-order chi connectivity index (χ0) is 12.4. The molecule has 17 heavy (non-hydrogen) atoms. The smallest absolute Gasteiger partial charge is 0.307 e. The molecule has 5 heteroatoms. The van der Waals surface area contributed by atoms with E-state index in [1.165, 1.54) is 11.3 Å². The Kier molecular flexibility index (Phi) is 4.01. The highest BCUT2D eigenvalue weighted by Crippen LogP contribution is 2.19. The molecule has 1 aliphatic heterocycles. The summed E-state index contributed by atoms with van der Waals surface area (Å²) in [5.74, 6) is 0.398. The van der Waals surface area contributed by atoms with E-state index in [0.29, 0.717) is 5.92 Å². The highest BCUT2D eigenvalue weighted by Gasteiger charge is 2.25. The molecule has 0 bridgehead atoms. The van der Waals surface area contributed by atoms with Crippen LogP contribution in [0.25, 0.3) is 0 Å². The summed E-state index contributed by atoms with van der Waals surface area (Å²) >= 11 is 1.27. The van der Waals surface area contributed by atoms with Crippen LogP contribution in [0.2, 0.25) is 0 Å². The second kappa shape index (κ2) is 5.33. The Morgan fingerprint density at radius 2 is 2.35 bits per heavy atom. The van der Waals surface area contributed by atoms with Gasteiger partial charge < -0.3 is 14.6 Å². The highest BCUT2D eigenvalue weighted by atomic mass is 32.1. The van der Waals surface area contributed by atoms with Gasteiger partial charge in [-0.05, 0) is 32.7 Å². The Bertz CT molecular complexity index is 424. The van der Waals surface area contributed by atoms with Crippen molar-refractivity contribution in [1.82, 2.24) is 9.47 Å². The molecule has 1 aromatic rings. The predicted molar refractivity (Wildman–Crippen MR) is 69.5 cm³/mol. The minimum absolute atomic E-state index is 0.133. The molecule has 2 unspecified atom stereocenters. The Morgan fingerprint density at radius 1 is 1.59 bits per heavy atom. The van der Waals surface area contributed by atoms with Crippen LogP contribution < -0.4 is 4.87 Å². The molecule has 1 N–H and O–H groups in total. The van der Waals surface area contributed by atoms with E-state index in [-0.39, 0.29) is 11.0 Å². The van der Waals surface area contributed by atoms with Crippen molar-refractivity contribution >= 4 is 11.3 Å². The maximum Gasteiger partial charge on any atom is 0.307 e. The average Bonchev–Trinajstić information content (AvgIpc) is 2.85. The Labute approximate surface area is 105 Å². The van der Waals surface area contributed by atoms with Gasteiger partial charge in [0.05, 0.1) is 6.10 Å². The summed E-state index contributed by atoms with van der Waals surface area (Å²) < 4.78 is 1.83. The monoisotopic (exact) mass is 256 g/mol. The van der Waals surface area contributed by atoms with Crippen LogP contribution >= 0.6 is 11.3 Å². The SMILES string of the molecule is Cc1csc(=O)n1CCN1CCC(C(C)O)C1. The van der Waals surface area contributed by atoms with E-state index in [1.807, 2.05) is 23.8 Å². The largest absolute Gasteiger partial charge is 0.393 e. The summed E-state index contributed by atoms with van der Waals surface area (Å²) in [6, 6.07) is 0. The van der Waals surface area contributed by atoms with Crippen molar-refractivity contribution in [3.8, 4) is 0 Å².